The number of rotatable bonds is 1. The first-order valence-electron chi connectivity index (χ1n) is 6.19. The van der Waals surface area contributed by atoms with E-state index in [2.05, 4.69) is 24.0 Å². The third kappa shape index (κ3) is 2.08. The van der Waals surface area contributed by atoms with E-state index in [0.717, 1.165) is 17.2 Å². The van der Waals surface area contributed by atoms with E-state index >= 15 is 0 Å². The molecule has 2 aliphatic carbocycles. The molecule has 0 aliphatic heterocycles. The van der Waals surface area contributed by atoms with Gasteiger partial charge in [0, 0.05) is 11.5 Å². The maximum absolute atomic E-state index is 5.13. The van der Waals surface area contributed by atoms with E-state index in [1.54, 1.807) is 7.11 Å². The molecule has 3 atom stereocenters. The SMILES string of the molecule is COc1ccc(C#C[C@H]2CC3C=CC2C3)cc1. The van der Waals surface area contributed by atoms with Crippen LogP contribution < -0.4 is 4.74 Å². The van der Waals surface area contributed by atoms with Crippen LogP contribution >= 0.6 is 0 Å². The van der Waals surface area contributed by atoms with Crippen molar-refractivity contribution >= 4 is 0 Å². The molecule has 86 valence electrons. The molecule has 17 heavy (non-hydrogen) atoms. The molecule has 2 aliphatic rings. The van der Waals surface area contributed by atoms with Gasteiger partial charge in [0.25, 0.3) is 0 Å². The lowest BCUT2D eigenvalue weighted by Crippen LogP contribution is -2.03. The molecule has 1 fully saturated rings. The quantitative estimate of drug-likeness (QED) is 0.525. The Balaban J connectivity index is 1.72. The number of hydrogen-bond donors (Lipinski definition) is 0. The first-order valence-corrected chi connectivity index (χ1v) is 6.19. The van der Waals surface area contributed by atoms with E-state index in [-0.39, 0.29) is 0 Å². The highest BCUT2D eigenvalue weighted by Crippen LogP contribution is 2.42. The van der Waals surface area contributed by atoms with Gasteiger partial charge in [-0.3, -0.25) is 0 Å². The molecule has 0 heterocycles. The minimum absolute atomic E-state index is 0.576. The van der Waals surface area contributed by atoms with E-state index in [1.165, 1.54) is 12.8 Å². The summed E-state index contributed by atoms with van der Waals surface area (Å²) in [6, 6.07) is 7.97. The lowest BCUT2D eigenvalue weighted by Gasteiger charge is -2.10. The summed E-state index contributed by atoms with van der Waals surface area (Å²) >= 11 is 0. The van der Waals surface area contributed by atoms with E-state index < -0.39 is 0 Å². The largest absolute Gasteiger partial charge is 0.497 e. The first-order chi connectivity index (χ1) is 8.35. The van der Waals surface area contributed by atoms with E-state index in [4.69, 9.17) is 4.74 Å². The van der Waals surface area contributed by atoms with Crippen LogP contribution in [0.3, 0.4) is 0 Å². The summed E-state index contributed by atoms with van der Waals surface area (Å²) in [5, 5.41) is 0. The van der Waals surface area contributed by atoms with Crippen LogP contribution in [0.1, 0.15) is 18.4 Å². The van der Waals surface area contributed by atoms with Gasteiger partial charge in [0.1, 0.15) is 5.75 Å². The van der Waals surface area contributed by atoms with Gasteiger partial charge in [-0.25, -0.2) is 0 Å². The molecule has 0 spiro atoms. The standard InChI is InChI=1S/C16H16O/c1-17-16-8-4-12(5-9-16)2-6-14-10-13-3-7-15(14)11-13/h3-5,7-9,13-15H,10-11H2,1H3/t13?,14-,15?/m0/s1. The number of ether oxygens (including phenoxy) is 1. The molecular formula is C16H16O. The molecule has 1 heteroatoms. The molecule has 3 rings (SSSR count). The van der Waals surface area contributed by atoms with Crippen molar-refractivity contribution in [2.75, 3.05) is 7.11 Å². The zero-order valence-electron chi connectivity index (χ0n) is 10.0. The summed E-state index contributed by atoms with van der Waals surface area (Å²) in [6.45, 7) is 0. The summed E-state index contributed by atoms with van der Waals surface area (Å²) in [6.07, 6.45) is 7.28. The van der Waals surface area contributed by atoms with Crippen molar-refractivity contribution in [2.24, 2.45) is 17.8 Å². The second-order valence-electron chi connectivity index (χ2n) is 4.88. The van der Waals surface area contributed by atoms with Gasteiger partial charge in [0.15, 0.2) is 0 Å². The van der Waals surface area contributed by atoms with Gasteiger partial charge >= 0.3 is 0 Å². The maximum atomic E-state index is 5.13. The fourth-order valence-corrected chi connectivity index (χ4v) is 2.80. The predicted molar refractivity (Wildman–Crippen MR) is 68.7 cm³/mol. The van der Waals surface area contributed by atoms with Crippen LogP contribution in [0, 0.1) is 29.6 Å². The molecule has 2 bridgehead atoms. The fourth-order valence-electron chi connectivity index (χ4n) is 2.80. The van der Waals surface area contributed by atoms with Crippen molar-refractivity contribution in [3.63, 3.8) is 0 Å². The zero-order valence-corrected chi connectivity index (χ0v) is 10.0. The van der Waals surface area contributed by atoms with Crippen LogP contribution in [0.2, 0.25) is 0 Å². The third-order valence-corrected chi connectivity index (χ3v) is 3.77. The summed E-state index contributed by atoms with van der Waals surface area (Å²) in [5.41, 5.74) is 1.08. The number of methoxy groups -OCH3 is 1. The minimum atomic E-state index is 0.576. The van der Waals surface area contributed by atoms with E-state index in [1.807, 2.05) is 24.3 Å². The second kappa shape index (κ2) is 4.30. The topological polar surface area (TPSA) is 9.23 Å². The summed E-state index contributed by atoms with van der Waals surface area (Å²) in [7, 11) is 1.68. The fraction of sp³-hybridized carbons (Fsp3) is 0.375. The molecular weight excluding hydrogens is 208 g/mol. The van der Waals surface area contributed by atoms with Gasteiger partial charge in [0.2, 0.25) is 0 Å². The van der Waals surface area contributed by atoms with Crippen molar-refractivity contribution in [1.29, 1.82) is 0 Å². The Morgan fingerprint density at radius 2 is 1.94 bits per heavy atom. The van der Waals surface area contributed by atoms with Gasteiger partial charge in [-0.05, 0) is 48.9 Å². The highest BCUT2D eigenvalue weighted by atomic mass is 16.5. The molecule has 2 unspecified atom stereocenters. The second-order valence-corrected chi connectivity index (χ2v) is 4.88. The average molecular weight is 224 g/mol. The number of hydrogen-bond acceptors (Lipinski definition) is 1. The number of benzene rings is 1. The van der Waals surface area contributed by atoms with Gasteiger partial charge in [-0.15, -0.1) is 0 Å². The van der Waals surface area contributed by atoms with E-state index in [9.17, 15) is 0 Å². The van der Waals surface area contributed by atoms with Crippen molar-refractivity contribution in [2.45, 2.75) is 12.8 Å². The Morgan fingerprint density at radius 3 is 2.53 bits per heavy atom. The maximum Gasteiger partial charge on any atom is 0.118 e. The third-order valence-electron chi connectivity index (χ3n) is 3.77. The lowest BCUT2D eigenvalue weighted by molar-refractivity contribution is 0.415. The van der Waals surface area contributed by atoms with Crippen molar-refractivity contribution in [3.8, 4) is 17.6 Å². The Labute approximate surface area is 102 Å². The van der Waals surface area contributed by atoms with Crippen LogP contribution in [0.5, 0.6) is 5.75 Å². The molecule has 1 aromatic rings. The van der Waals surface area contributed by atoms with E-state index in [0.29, 0.717) is 11.8 Å². The van der Waals surface area contributed by atoms with Gasteiger partial charge in [-0.2, -0.15) is 0 Å². The van der Waals surface area contributed by atoms with Crippen molar-refractivity contribution < 1.29 is 4.74 Å². The normalized spacial score (nSPS) is 28.9. The Hall–Kier alpha value is -1.68. The highest BCUT2D eigenvalue weighted by molar-refractivity contribution is 5.39. The van der Waals surface area contributed by atoms with Crippen LogP contribution in [0.25, 0.3) is 0 Å². The summed E-state index contributed by atoms with van der Waals surface area (Å²) in [5.74, 6) is 9.69. The Morgan fingerprint density at radius 1 is 1.12 bits per heavy atom. The van der Waals surface area contributed by atoms with Gasteiger partial charge < -0.3 is 4.74 Å². The smallest absolute Gasteiger partial charge is 0.118 e. The molecule has 0 amide bonds. The molecule has 0 N–H and O–H groups in total. The summed E-state index contributed by atoms with van der Waals surface area (Å²) < 4.78 is 5.13. The molecule has 1 saturated carbocycles. The number of allylic oxidation sites excluding steroid dienone is 2. The van der Waals surface area contributed by atoms with Crippen LogP contribution in [0.4, 0.5) is 0 Å². The molecule has 1 nitrogen and oxygen atoms in total. The summed E-state index contributed by atoms with van der Waals surface area (Å²) in [4.78, 5) is 0. The molecule has 0 aromatic heterocycles. The first kappa shape index (κ1) is 10.5. The monoisotopic (exact) mass is 224 g/mol. The average Bonchev–Trinajstić information content (AvgIpc) is 2.99. The van der Waals surface area contributed by atoms with Crippen molar-refractivity contribution in [1.82, 2.24) is 0 Å². The van der Waals surface area contributed by atoms with Crippen LogP contribution in [0.15, 0.2) is 36.4 Å². The Bertz CT molecular complexity index is 486. The van der Waals surface area contributed by atoms with Crippen LogP contribution in [-0.2, 0) is 0 Å². The molecule has 0 saturated heterocycles. The number of fused-ring (bicyclic) bond motifs is 2. The predicted octanol–water partition coefficient (Wildman–Crippen LogP) is 3.26. The zero-order chi connectivity index (χ0) is 11.7. The van der Waals surface area contributed by atoms with Gasteiger partial charge in [-0.1, -0.05) is 24.0 Å². The van der Waals surface area contributed by atoms with Gasteiger partial charge in [0.05, 0.1) is 7.11 Å². The molecule has 0 radical (unpaired) electrons. The van der Waals surface area contributed by atoms with Crippen molar-refractivity contribution in [3.05, 3.63) is 42.0 Å². The lowest BCUT2D eigenvalue weighted by atomic mass is 9.94. The molecule has 1 aromatic carbocycles. The van der Waals surface area contributed by atoms with Crippen LogP contribution in [-0.4, -0.2) is 7.11 Å². The highest BCUT2D eigenvalue weighted by Gasteiger charge is 2.34. The Kier molecular flexibility index (Phi) is 2.65. The minimum Gasteiger partial charge on any atom is -0.497 e.